The van der Waals surface area contributed by atoms with E-state index in [1.807, 2.05) is 12.1 Å². The standard InChI is InChI=1S/C21H29FN2O.2ClH/c1-17(25)16-24-12-7-18(8-13-24)6-11-23-14-9-20(10-15-23)19-2-4-21(22)5-3-19;;/h2-5,9,18H,6-8,10-16H2,1H3;2*1H. The van der Waals surface area contributed by atoms with Crippen molar-refractivity contribution >= 4 is 36.2 Å². The predicted molar refractivity (Wildman–Crippen MR) is 114 cm³/mol. The van der Waals surface area contributed by atoms with Crippen LogP contribution >= 0.6 is 24.8 Å². The van der Waals surface area contributed by atoms with Gasteiger partial charge in [0, 0.05) is 13.1 Å². The first-order chi connectivity index (χ1) is 12.1. The molecular weight excluding hydrogens is 386 g/mol. The van der Waals surface area contributed by atoms with Gasteiger partial charge in [0.25, 0.3) is 0 Å². The summed E-state index contributed by atoms with van der Waals surface area (Å²) in [6.07, 6.45) is 7.04. The highest BCUT2D eigenvalue weighted by atomic mass is 35.5. The Labute approximate surface area is 174 Å². The third-order valence-electron chi connectivity index (χ3n) is 5.52. The van der Waals surface area contributed by atoms with E-state index in [1.54, 1.807) is 19.1 Å². The maximum absolute atomic E-state index is 13.0. The van der Waals surface area contributed by atoms with Gasteiger partial charge in [-0.15, -0.1) is 24.8 Å². The Bertz CT molecular complexity index is 613. The molecule has 0 aromatic heterocycles. The summed E-state index contributed by atoms with van der Waals surface area (Å²) in [4.78, 5) is 16.0. The molecule has 1 fully saturated rings. The lowest BCUT2D eigenvalue weighted by Crippen LogP contribution is -2.38. The second kappa shape index (κ2) is 11.8. The van der Waals surface area contributed by atoms with Gasteiger partial charge in [-0.2, -0.15) is 0 Å². The molecule has 152 valence electrons. The second-order valence-corrected chi connectivity index (χ2v) is 7.50. The van der Waals surface area contributed by atoms with E-state index in [2.05, 4.69) is 15.9 Å². The topological polar surface area (TPSA) is 23.6 Å². The number of piperidine rings is 1. The van der Waals surface area contributed by atoms with Crippen LogP contribution in [-0.2, 0) is 4.79 Å². The number of benzene rings is 1. The zero-order valence-electron chi connectivity index (χ0n) is 16.0. The molecule has 6 heteroatoms. The number of nitrogens with zero attached hydrogens (tertiary/aromatic N) is 2. The Kier molecular flexibility index (Phi) is 10.5. The first-order valence-electron chi connectivity index (χ1n) is 9.49. The molecular formula is C21H31Cl2FN2O. The fourth-order valence-electron chi connectivity index (χ4n) is 3.95. The van der Waals surface area contributed by atoms with Crippen LogP contribution in [0.2, 0.25) is 0 Å². The molecule has 0 atom stereocenters. The maximum Gasteiger partial charge on any atom is 0.143 e. The van der Waals surface area contributed by atoms with Crippen molar-refractivity contribution < 1.29 is 9.18 Å². The lowest BCUT2D eigenvalue weighted by atomic mass is 9.92. The van der Waals surface area contributed by atoms with Gasteiger partial charge < -0.3 is 0 Å². The number of carbonyl (C=O) groups excluding carboxylic acids is 1. The predicted octanol–water partition coefficient (Wildman–Crippen LogP) is 4.45. The van der Waals surface area contributed by atoms with Crippen molar-refractivity contribution in [3.05, 3.63) is 41.7 Å². The molecule has 1 aromatic rings. The van der Waals surface area contributed by atoms with Gasteiger partial charge in [-0.25, -0.2) is 4.39 Å². The zero-order valence-corrected chi connectivity index (χ0v) is 17.7. The van der Waals surface area contributed by atoms with E-state index in [0.717, 1.165) is 50.6 Å². The number of carbonyl (C=O) groups is 1. The highest BCUT2D eigenvalue weighted by molar-refractivity contribution is 5.85. The smallest absolute Gasteiger partial charge is 0.143 e. The zero-order chi connectivity index (χ0) is 17.6. The first-order valence-corrected chi connectivity index (χ1v) is 9.49. The fraction of sp³-hybridized carbons (Fsp3) is 0.571. The summed E-state index contributed by atoms with van der Waals surface area (Å²) in [6.45, 7) is 7.68. The molecule has 3 rings (SSSR count). The van der Waals surface area contributed by atoms with Crippen LogP contribution in [0.15, 0.2) is 30.3 Å². The van der Waals surface area contributed by atoms with Gasteiger partial charge in [-0.05, 0) is 81.4 Å². The summed E-state index contributed by atoms with van der Waals surface area (Å²) in [7, 11) is 0. The van der Waals surface area contributed by atoms with E-state index >= 15 is 0 Å². The minimum atomic E-state index is -0.170. The van der Waals surface area contributed by atoms with Crippen molar-refractivity contribution in [2.75, 3.05) is 39.3 Å². The van der Waals surface area contributed by atoms with Crippen LogP contribution in [0.3, 0.4) is 0 Å². The quantitative estimate of drug-likeness (QED) is 0.684. The van der Waals surface area contributed by atoms with E-state index in [0.29, 0.717) is 6.54 Å². The molecule has 3 nitrogen and oxygen atoms in total. The van der Waals surface area contributed by atoms with Gasteiger partial charge in [0.05, 0.1) is 6.54 Å². The van der Waals surface area contributed by atoms with Crippen molar-refractivity contribution in [3.63, 3.8) is 0 Å². The van der Waals surface area contributed by atoms with Crippen LogP contribution in [0.4, 0.5) is 4.39 Å². The molecule has 0 aliphatic carbocycles. The molecule has 0 saturated carbocycles. The van der Waals surface area contributed by atoms with Crippen LogP contribution in [0, 0.1) is 11.7 Å². The minimum absolute atomic E-state index is 0. The Morgan fingerprint density at radius 1 is 1.07 bits per heavy atom. The van der Waals surface area contributed by atoms with E-state index in [9.17, 15) is 9.18 Å². The summed E-state index contributed by atoms with van der Waals surface area (Å²) in [6, 6.07) is 6.85. The molecule has 0 bridgehead atoms. The van der Waals surface area contributed by atoms with Crippen molar-refractivity contribution in [2.24, 2.45) is 5.92 Å². The minimum Gasteiger partial charge on any atom is -0.299 e. The van der Waals surface area contributed by atoms with Crippen molar-refractivity contribution in [1.29, 1.82) is 0 Å². The first kappa shape index (κ1) is 24.1. The maximum atomic E-state index is 13.0. The second-order valence-electron chi connectivity index (χ2n) is 7.50. The average Bonchev–Trinajstić information content (AvgIpc) is 2.62. The van der Waals surface area contributed by atoms with Crippen molar-refractivity contribution in [1.82, 2.24) is 9.80 Å². The number of halogens is 3. The average molecular weight is 417 g/mol. The van der Waals surface area contributed by atoms with Crippen molar-refractivity contribution in [2.45, 2.75) is 32.6 Å². The number of ketones is 1. The molecule has 0 radical (unpaired) electrons. The van der Waals surface area contributed by atoms with Crippen LogP contribution in [-0.4, -0.2) is 54.9 Å². The largest absolute Gasteiger partial charge is 0.299 e. The van der Waals surface area contributed by atoms with Gasteiger partial charge in [0.15, 0.2) is 0 Å². The van der Waals surface area contributed by atoms with Gasteiger partial charge in [-0.1, -0.05) is 18.2 Å². The summed E-state index contributed by atoms with van der Waals surface area (Å²) in [5, 5.41) is 0. The molecule has 0 spiro atoms. The van der Waals surface area contributed by atoms with E-state index in [4.69, 9.17) is 0 Å². The summed E-state index contributed by atoms with van der Waals surface area (Å²) in [5.74, 6) is 0.900. The Hall–Kier alpha value is -0.940. The highest BCUT2D eigenvalue weighted by Gasteiger charge is 2.21. The Balaban J connectivity index is 0.00000182. The van der Waals surface area contributed by atoms with Crippen LogP contribution < -0.4 is 0 Å². The van der Waals surface area contributed by atoms with Gasteiger partial charge in [-0.3, -0.25) is 14.6 Å². The Morgan fingerprint density at radius 2 is 1.74 bits per heavy atom. The molecule has 1 aromatic carbocycles. The summed E-state index contributed by atoms with van der Waals surface area (Å²) >= 11 is 0. The van der Waals surface area contributed by atoms with Crippen LogP contribution in [0.5, 0.6) is 0 Å². The molecule has 0 unspecified atom stereocenters. The monoisotopic (exact) mass is 416 g/mol. The Morgan fingerprint density at radius 3 is 2.30 bits per heavy atom. The van der Waals surface area contributed by atoms with Crippen LogP contribution in [0.1, 0.15) is 38.2 Å². The SMILES string of the molecule is CC(=O)CN1CCC(CCN2CC=C(c3ccc(F)cc3)CC2)CC1.Cl.Cl. The summed E-state index contributed by atoms with van der Waals surface area (Å²) < 4.78 is 13.0. The number of hydrogen-bond donors (Lipinski definition) is 0. The third kappa shape index (κ3) is 7.53. The van der Waals surface area contributed by atoms with Gasteiger partial charge >= 0.3 is 0 Å². The van der Waals surface area contributed by atoms with Crippen molar-refractivity contribution in [3.8, 4) is 0 Å². The number of likely N-dealkylation sites (tertiary alicyclic amines) is 1. The number of hydrogen-bond acceptors (Lipinski definition) is 3. The fourth-order valence-corrected chi connectivity index (χ4v) is 3.95. The highest BCUT2D eigenvalue weighted by Crippen LogP contribution is 2.25. The lowest BCUT2D eigenvalue weighted by molar-refractivity contribution is -0.118. The molecule has 1 saturated heterocycles. The van der Waals surface area contributed by atoms with Gasteiger partial charge in [0.1, 0.15) is 11.6 Å². The molecule has 0 N–H and O–H groups in total. The van der Waals surface area contributed by atoms with E-state index < -0.39 is 0 Å². The van der Waals surface area contributed by atoms with E-state index in [1.165, 1.54) is 24.8 Å². The molecule has 2 aliphatic heterocycles. The number of Topliss-reactive ketones (excluding diaryl/α,β-unsaturated/α-hetero) is 1. The van der Waals surface area contributed by atoms with Crippen LogP contribution in [0.25, 0.3) is 5.57 Å². The number of rotatable bonds is 6. The lowest BCUT2D eigenvalue weighted by Gasteiger charge is -2.33. The summed E-state index contributed by atoms with van der Waals surface area (Å²) in [5.41, 5.74) is 2.49. The molecule has 2 heterocycles. The normalized spacial score (nSPS) is 19.0. The van der Waals surface area contributed by atoms with E-state index in [-0.39, 0.29) is 36.4 Å². The molecule has 27 heavy (non-hydrogen) atoms. The third-order valence-corrected chi connectivity index (χ3v) is 5.52. The molecule has 2 aliphatic rings. The molecule has 0 amide bonds. The van der Waals surface area contributed by atoms with Gasteiger partial charge in [0.2, 0.25) is 0 Å².